The Morgan fingerprint density at radius 3 is 2.38 bits per heavy atom. The molecular weight excluding hydrogens is 488 g/mol. The van der Waals surface area contributed by atoms with E-state index in [-0.39, 0.29) is 11.9 Å². The maximum atomic E-state index is 13.1. The highest BCUT2D eigenvalue weighted by molar-refractivity contribution is 5.99. The molecule has 0 bridgehead atoms. The largest absolute Gasteiger partial charge is 0.476 e. The first-order valence-corrected chi connectivity index (χ1v) is 13.4. The molecule has 1 heterocycles. The number of fused-ring (bicyclic) bond motifs is 1. The van der Waals surface area contributed by atoms with Gasteiger partial charge in [0.1, 0.15) is 5.75 Å². The Kier molecular flexibility index (Phi) is 8.14. The zero-order valence-electron chi connectivity index (χ0n) is 23.9. The van der Waals surface area contributed by atoms with Crippen LogP contribution in [0.5, 0.6) is 5.75 Å². The Labute approximate surface area is 230 Å². The second kappa shape index (κ2) is 11.4. The lowest BCUT2D eigenvalue weighted by Gasteiger charge is -2.24. The SMILES string of the molecule is CCOC(=O)C(C)(C)Oc1ccc(Cc2c(C)n(C)c3cc(C(=O)N[C@@H](C)c4cccc(C)c4)ccc23)cc1. The number of esters is 1. The Balaban J connectivity index is 1.51. The predicted octanol–water partition coefficient (Wildman–Crippen LogP) is 6.60. The van der Waals surface area contributed by atoms with Crippen molar-refractivity contribution in [1.82, 2.24) is 9.88 Å². The fourth-order valence-electron chi connectivity index (χ4n) is 4.83. The molecule has 0 aliphatic carbocycles. The number of rotatable bonds is 9. The van der Waals surface area contributed by atoms with Gasteiger partial charge in [-0.05, 0) is 88.9 Å². The molecule has 1 amide bonds. The summed E-state index contributed by atoms with van der Waals surface area (Å²) >= 11 is 0. The van der Waals surface area contributed by atoms with Crippen LogP contribution in [0.25, 0.3) is 10.9 Å². The van der Waals surface area contributed by atoms with Gasteiger partial charge in [0.25, 0.3) is 5.91 Å². The molecule has 0 aliphatic heterocycles. The molecule has 0 spiro atoms. The average Bonchev–Trinajstić information content (AvgIpc) is 3.14. The van der Waals surface area contributed by atoms with Crippen LogP contribution in [0.15, 0.2) is 66.7 Å². The first-order chi connectivity index (χ1) is 18.5. The van der Waals surface area contributed by atoms with Gasteiger partial charge in [-0.3, -0.25) is 4.79 Å². The molecule has 0 fully saturated rings. The van der Waals surface area contributed by atoms with E-state index in [0.29, 0.717) is 17.9 Å². The lowest BCUT2D eigenvalue weighted by atomic mass is 10.0. The quantitative estimate of drug-likeness (QED) is 0.250. The monoisotopic (exact) mass is 526 g/mol. The highest BCUT2D eigenvalue weighted by atomic mass is 16.6. The Bertz CT molecular complexity index is 1500. The van der Waals surface area contributed by atoms with Gasteiger partial charge >= 0.3 is 5.97 Å². The Morgan fingerprint density at radius 1 is 1.00 bits per heavy atom. The maximum Gasteiger partial charge on any atom is 0.349 e. The summed E-state index contributed by atoms with van der Waals surface area (Å²) in [6, 6.07) is 21.8. The number of ether oxygens (including phenoxy) is 2. The number of hydrogen-bond donors (Lipinski definition) is 1. The van der Waals surface area contributed by atoms with E-state index in [9.17, 15) is 9.59 Å². The first kappa shape index (κ1) is 28.0. The van der Waals surface area contributed by atoms with E-state index in [2.05, 4.69) is 35.9 Å². The minimum Gasteiger partial charge on any atom is -0.476 e. The zero-order valence-corrected chi connectivity index (χ0v) is 23.9. The summed E-state index contributed by atoms with van der Waals surface area (Å²) in [5.41, 5.74) is 6.35. The van der Waals surface area contributed by atoms with Crippen molar-refractivity contribution in [3.8, 4) is 5.75 Å². The van der Waals surface area contributed by atoms with E-state index in [1.165, 1.54) is 11.1 Å². The maximum absolute atomic E-state index is 13.1. The second-order valence-corrected chi connectivity index (χ2v) is 10.6. The van der Waals surface area contributed by atoms with Crippen LogP contribution in [-0.4, -0.2) is 28.7 Å². The van der Waals surface area contributed by atoms with Crippen LogP contribution >= 0.6 is 0 Å². The molecule has 6 heteroatoms. The number of aryl methyl sites for hydroxylation is 2. The normalized spacial score (nSPS) is 12.3. The van der Waals surface area contributed by atoms with Crippen molar-refractivity contribution < 1.29 is 19.1 Å². The molecule has 0 saturated carbocycles. The summed E-state index contributed by atoms with van der Waals surface area (Å²) in [6.45, 7) is 11.7. The van der Waals surface area contributed by atoms with Gasteiger partial charge in [-0.1, -0.05) is 48.0 Å². The first-order valence-electron chi connectivity index (χ1n) is 13.4. The number of nitrogens with zero attached hydrogens (tertiary/aromatic N) is 1. The number of amides is 1. The molecule has 0 radical (unpaired) electrons. The number of carbonyl (C=O) groups excluding carboxylic acids is 2. The molecule has 0 aliphatic rings. The van der Waals surface area contributed by atoms with Crippen LogP contribution in [0.1, 0.15) is 72.0 Å². The van der Waals surface area contributed by atoms with E-state index in [1.807, 2.05) is 68.6 Å². The van der Waals surface area contributed by atoms with Gasteiger partial charge < -0.3 is 19.4 Å². The van der Waals surface area contributed by atoms with Crippen LogP contribution < -0.4 is 10.1 Å². The summed E-state index contributed by atoms with van der Waals surface area (Å²) in [5, 5.41) is 4.26. The standard InChI is InChI=1S/C33H38N2O4/c1-8-38-32(37)33(5,6)39-27-15-12-24(13-16-27)19-29-23(4)35(7)30-20-26(14-17-28(29)30)31(36)34-22(3)25-11-9-10-21(2)18-25/h9-18,20,22H,8,19H2,1-7H3,(H,34,36)/t22-/m0/s1. The molecule has 1 atom stereocenters. The van der Waals surface area contributed by atoms with E-state index < -0.39 is 11.6 Å². The van der Waals surface area contributed by atoms with Crippen molar-refractivity contribution in [3.05, 3.63) is 100 Å². The van der Waals surface area contributed by atoms with Crippen LogP contribution in [-0.2, 0) is 23.0 Å². The minimum atomic E-state index is -1.06. The summed E-state index contributed by atoms with van der Waals surface area (Å²) < 4.78 is 13.2. The molecule has 1 N–H and O–H groups in total. The van der Waals surface area contributed by atoms with Crippen molar-refractivity contribution in [1.29, 1.82) is 0 Å². The number of aromatic nitrogens is 1. The second-order valence-electron chi connectivity index (χ2n) is 10.6. The van der Waals surface area contributed by atoms with Crippen molar-refractivity contribution in [2.75, 3.05) is 6.61 Å². The summed E-state index contributed by atoms with van der Waals surface area (Å²) in [5.74, 6) is 0.132. The van der Waals surface area contributed by atoms with Gasteiger partial charge in [0.2, 0.25) is 0 Å². The van der Waals surface area contributed by atoms with E-state index in [4.69, 9.17) is 9.47 Å². The van der Waals surface area contributed by atoms with Gasteiger partial charge in [-0.2, -0.15) is 0 Å². The topological polar surface area (TPSA) is 69.6 Å². The van der Waals surface area contributed by atoms with Gasteiger partial charge in [0.15, 0.2) is 5.60 Å². The Hall–Kier alpha value is -4.06. The average molecular weight is 527 g/mol. The molecule has 0 unspecified atom stereocenters. The fourth-order valence-corrected chi connectivity index (χ4v) is 4.83. The van der Waals surface area contributed by atoms with Crippen LogP contribution in [0, 0.1) is 13.8 Å². The van der Waals surface area contributed by atoms with Gasteiger partial charge in [-0.15, -0.1) is 0 Å². The summed E-state index contributed by atoms with van der Waals surface area (Å²) in [6.07, 6.45) is 0.737. The van der Waals surface area contributed by atoms with Gasteiger partial charge in [-0.25, -0.2) is 4.79 Å². The van der Waals surface area contributed by atoms with E-state index in [1.54, 1.807) is 20.8 Å². The van der Waals surface area contributed by atoms with Crippen LogP contribution in [0.2, 0.25) is 0 Å². The van der Waals surface area contributed by atoms with Crippen molar-refractivity contribution in [2.24, 2.45) is 7.05 Å². The van der Waals surface area contributed by atoms with Crippen molar-refractivity contribution in [2.45, 2.75) is 59.6 Å². The van der Waals surface area contributed by atoms with Crippen LogP contribution in [0.3, 0.4) is 0 Å². The zero-order chi connectivity index (χ0) is 28.3. The molecule has 0 saturated heterocycles. The molecule has 4 rings (SSSR count). The third-order valence-electron chi connectivity index (χ3n) is 7.22. The number of benzene rings is 3. The van der Waals surface area contributed by atoms with E-state index >= 15 is 0 Å². The third-order valence-corrected chi connectivity index (χ3v) is 7.22. The molecule has 3 aromatic carbocycles. The number of hydrogen-bond acceptors (Lipinski definition) is 4. The van der Waals surface area contributed by atoms with Crippen LogP contribution in [0.4, 0.5) is 0 Å². The Morgan fingerprint density at radius 2 is 1.72 bits per heavy atom. The number of nitrogens with one attached hydrogen (secondary N) is 1. The fraction of sp³-hybridized carbons (Fsp3) is 0.333. The molecular formula is C33H38N2O4. The van der Waals surface area contributed by atoms with Gasteiger partial charge in [0, 0.05) is 29.2 Å². The summed E-state index contributed by atoms with van der Waals surface area (Å²) in [4.78, 5) is 25.3. The lowest BCUT2D eigenvalue weighted by Crippen LogP contribution is -2.39. The highest BCUT2D eigenvalue weighted by Gasteiger charge is 2.31. The van der Waals surface area contributed by atoms with Crippen molar-refractivity contribution >= 4 is 22.8 Å². The smallest absolute Gasteiger partial charge is 0.349 e. The molecule has 39 heavy (non-hydrogen) atoms. The van der Waals surface area contributed by atoms with Crippen molar-refractivity contribution in [3.63, 3.8) is 0 Å². The van der Waals surface area contributed by atoms with Gasteiger partial charge in [0.05, 0.1) is 12.6 Å². The number of carbonyl (C=O) groups is 2. The molecule has 6 nitrogen and oxygen atoms in total. The molecule has 4 aromatic rings. The molecule has 204 valence electrons. The highest BCUT2D eigenvalue weighted by Crippen LogP contribution is 2.29. The third kappa shape index (κ3) is 6.17. The summed E-state index contributed by atoms with van der Waals surface area (Å²) in [7, 11) is 2.03. The van der Waals surface area contributed by atoms with E-state index in [0.717, 1.165) is 34.1 Å². The predicted molar refractivity (Wildman–Crippen MR) is 155 cm³/mol. The lowest BCUT2D eigenvalue weighted by molar-refractivity contribution is -0.158. The molecule has 1 aromatic heterocycles. The minimum absolute atomic E-state index is 0.0892.